The summed E-state index contributed by atoms with van der Waals surface area (Å²) in [5, 5.41) is 7.49. The molecule has 0 spiro atoms. The van der Waals surface area contributed by atoms with Crippen molar-refractivity contribution in [2.24, 2.45) is 0 Å². The van der Waals surface area contributed by atoms with Gasteiger partial charge in [0.1, 0.15) is 0 Å². The van der Waals surface area contributed by atoms with Gasteiger partial charge in [-0.05, 0) is 37.3 Å². The molecular formula is C16H12BrClN4O. The maximum absolute atomic E-state index is 12.5. The summed E-state index contributed by atoms with van der Waals surface area (Å²) in [6.45, 7) is 1.82. The fraction of sp³-hybridized carbons (Fsp3) is 0.0625. The second-order valence-electron chi connectivity index (χ2n) is 4.82. The molecule has 0 saturated carbocycles. The minimum absolute atomic E-state index is 0.270. The Morgan fingerprint density at radius 3 is 2.83 bits per heavy atom. The second kappa shape index (κ2) is 6.52. The molecule has 116 valence electrons. The summed E-state index contributed by atoms with van der Waals surface area (Å²) in [6, 6.07) is 10.8. The summed E-state index contributed by atoms with van der Waals surface area (Å²) in [5.41, 5.74) is 1.72. The molecule has 0 aliphatic rings. The first-order chi connectivity index (χ1) is 11.1. The normalized spacial score (nSPS) is 10.6. The van der Waals surface area contributed by atoms with Gasteiger partial charge in [0.2, 0.25) is 0 Å². The average molecular weight is 392 g/mol. The number of hydrogen-bond donors (Lipinski definition) is 1. The van der Waals surface area contributed by atoms with Crippen molar-refractivity contribution in [2.45, 2.75) is 6.92 Å². The Morgan fingerprint density at radius 2 is 2.13 bits per heavy atom. The van der Waals surface area contributed by atoms with Gasteiger partial charge in [0.15, 0.2) is 5.82 Å². The zero-order chi connectivity index (χ0) is 16.4. The average Bonchev–Trinajstić information content (AvgIpc) is 2.92. The van der Waals surface area contributed by atoms with Crippen molar-refractivity contribution in [2.75, 3.05) is 5.32 Å². The lowest BCUT2D eigenvalue weighted by molar-refractivity contribution is 0.102. The van der Waals surface area contributed by atoms with E-state index in [0.717, 1.165) is 4.47 Å². The van der Waals surface area contributed by atoms with Crippen LogP contribution < -0.4 is 5.32 Å². The van der Waals surface area contributed by atoms with E-state index < -0.39 is 0 Å². The van der Waals surface area contributed by atoms with Gasteiger partial charge in [-0.25, -0.2) is 9.67 Å². The third kappa shape index (κ3) is 3.28. The number of nitrogens with one attached hydrogen (secondary N) is 1. The molecule has 1 N–H and O–H groups in total. The van der Waals surface area contributed by atoms with Crippen LogP contribution in [-0.2, 0) is 0 Å². The number of aromatic nitrogens is 3. The van der Waals surface area contributed by atoms with Gasteiger partial charge in [0.05, 0.1) is 28.2 Å². The van der Waals surface area contributed by atoms with Crippen LogP contribution in [0.15, 0.2) is 53.3 Å². The summed E-state index contributed by atoms with van der Waals surface area (Å²) in [7, 11) is 0. The Bertz CT molecular complexity index is 864. The standard InChI is InChI=1S/C16H12BrClN4O/c1-10-12(9-20-22(10)15-4-2-3-7-19-15)16(23)21-14-6-5-11(17)8-13(14)18/h2-9H,1H3,(H,21,23). The van der Waals surface area contributed by atoms with Crippen LogP contribution in [0.25, 0.3) is 5.82 Å². The first-order valence-electron chi connectivity index (χ1n) is 6.78. The molecule has 0 fully saturated rings. The van der Waals surface area contributed by atoms with Gasteiger partial charge in [0, 0.05) is 10.7 Å². The first kappa shape index (κ1) is 15.7. The van der Waals surface area contributed by atoms with Crippen molar-refractivity contribution < 1.29 is 4.79 Å². The van der Waals surface area contributed by atoms with Crippen molar-refractivity contribution in [3.63, 3.8) is 0 Å². The van der Waals surface area contributed by atoms with E-state index >= 15 is 0 Å². The van der Waals surface area contributed by atoms with Crippen LogP contribution in [0.5, 0.6) is 0 Å². The Kier molecular flexibility index (Phi) is 4.45. The number of benzene rings is 1. The van der Waals surface area contributed by atoms with Crippen molar-refractivity contribution in [1.29, 1.82) is 0 Å². The predicted octanol–water partition coefficient (Wildman–Crippen LogP) is 4.24. The topological polar surface area (TPSA) is 59.8 Å². The number of rotatable bonds is 3. The number of pyridine rings is 1. The van der Waals surface area contributed by atoms with Gasteiger partial charge >= 0.3 is 0 Å². The van der Waals surface area contributed by atoms with E-state index in [2.05, 4.69) is 31.3 Å². The maximum Gasteiger partial charge on any atom is 0.259 e. The van der Waals surface area contributed by atoms with Crippen LogP contribution >= 0.6 is 27.5 Å². The third-order valence-electron chi connectivity index (χ3n) is 3.30. The molecule has 0 unspecified atom stereocenters. The van der Waals surface area contributed by atoms with E-state index in [1.165, 1.54) is 6.20 Å². The number of anilines is 1. The summed E-state index contributed by atoms with van der Waals surface area (Å²) in [4.78, 5) is 16.7. The van der Waals surface area contributed by atoms with Gasteiger partial charge in [0.25, 0.3) is 5.91 Å². The van der Waals surface area contributed by atoms with Crippen LogP contribution in [0.3, 0.4) is 0 Å². The van der Waals surface area contributed by atoms with Gasteiger partial charge < -0.3 is 5.32 Å². The molecule has 0 aliphatic carbocycles. The first-order valence-corrected chi connectivity index (χ1v) is 7.96. The van der Waals surface area contributed by atoms with E-state index in [-0.39, 0.29) is 5.91 Å². The molecule has 3 aromatic rings. The molecule has 0 bridgehead atoms. The molecule has 0 aliphatic heterocycles. The Hall–Kier alpha value is -2.18. The monoisotopic (exact) mass is 390 g/mol. The Labute approximate surface area is 146 Å². The SMILES string of the molecule is Cc1c(C(=O)Nc2ccc(Br)cc2Cl)cnn1-c1ccccn1. The predicted molar refractivity (Wildman–Crippen MR) is 93.2 cm³/mol. The fourth-order valence-corrected chi connectivity index (χ4v) is 2.84. The van der Waals surface area contributed by atoms with Crippen molar-refractivity contribution in [3.05, 3.63) is 69.5 Å². The minimum atomic E-state index is -0.270. The molecule has 0 radical (unpaired) electrons. The van der Waals surface area contributed by atoms with Gasteiger partial charge in [-0.15, -0.1) is 0 Å². The van der Waals surface area contributed by atoms with Crippen molar-refractivity contribution in [1.82, 2.24) is 14.8 Å². The lowest BCUT2D eigenvalue weighted by Gasteiger charge is -2.08. The van der Waals surface area contributed by atoms with Crippen LogP contribution in [0.2, 0.25) is 5.02 Å². The number of halogens is 2. The lowest BCUT2D eigenvalue weighted by Crippen LogP contribution is -2.13. The fourth-order valence-electron chi connectivity index (χ4n) is 2.12. The molecule has 0 atom stereocenters. The van der Waals surface area contributed by atoms with E-state index in [1.54, 1.807) is 23.0 Å². The summed E-state index contributed by atoms with van der Waals surface area (Å²) < 4.78 is 2.47. The molecule has 5 nitrogen and oxygen atoms in total. The molecule has 23 heavy (non-hydrogen) atoms. The molecule has 2 aromatic heterocycles. The summed E-state index contributed by atoms with van der Waals surface area (Å²) in [5.74, 6) is 0.389. The van der Waals surface area contributed by atoms with E-state index in [9.17, 15) is 4.79 Å². The lowest BCUT2D eigenvalue weighted by atomic mass is 10.2. The quantitative estimate of drug-likeness (QED) is 0.726. The number of hydrogen-bond acceptors (Lipinski definition) is 3. The molecule has 1 amide bonds. The van der Waals surface area contributed by atoms with Crippen LogP contribution in [0.4, 0.5) is 5.69 Å². The largest absolute Gasteiger partial charge is 0.321 e. The summed E-state index contributed by atoms with van der Waals surface area (Å²) in [6.07, 6.45) is 3.20. The molecule has 2 heterocycles. The summed E-state index contributed by atoms with van der Waals surface area (Å²) >= 11 is 9.46. The van der Waals surface area contributed by atoms with E-state index in [1.807, 2.05) is 31.2 Å². The van der Waals surface area contributed by atoms with Crippen molar-refractivity contribution in [3.8, 4) is 5.82 Å². The van der Waals surface area contributed by atoms with Gasteiger partial charge in [-0.3, -0.25) is 4.79 Å². The minimum Gasteiger partial charge on any atom is -0.321 e. The van der Waals surface area contributed by atoms with Crippen LogP contribution in [0, 0.1) is 6.92 Å². The Balaban J connectivity index is 1.88. The second-order valence-corrected chi connectivity index (χ2v) is 6.14. The maximum atomic E-state index is 12.5. The number of nitrogens with zero attached hydrogens (tertiary/aromatic N) is 3. The zero-order valence-corrected chi connectivity index (χ0v) is 14.5. The third-order valence-corrected chi connectivity index (χ3v) is 4.11. The highest BCUT2D eigenvalue weighted by Crippen LogP contribution is 2.26. The highest BCUT2D eigenvalue weighted by atomic mass is 79.9. The molecule has 3 rings (SSSR count). The van der Waals surface area contributed by atoms with Crippen molar-refractivity contribution >= 4 is 39.1 Å². The number of amides is 1. The van der Waals surface area contributed by atoms with Gasteiger partial charge in [-0.1, -0.05) is 33.6 Å². The number of carbonyl (C=O) groups excluding carboxylic acids is 1. The molecular weight excluding hydrogens is 380 g/mol. The Morgan fingerprint density at radius 1 is 1.30 bits per heavy atom. The highest BCUT2D eigenvalue weighted by Gasteiger charge is 2.16. The molecule has 0 saturated heterocycles. The van der Waals surface area contributed by atoms with Gasteiger partial charge in [-0.2, -0.15) is 5.10 Å². The van der Waals surface area contributed by atoms with Crippen LogP contribution in [0.1, 0.15) is 16.1 Å². The zero-order valence-electron chi connectivity index (χ0n) is 12.1. The number of carbonyl (C=O) groups is 1. The molecule has 1 aromatic carbocycles. The highest BCUT2D eigenvalue weighted by molar-refractivity contribution is 9.10. The smallest absolute Gasteiger partial charge is 0.259 e. The van der Waals surface area contributed by atoms with Crippen LogP contribution in [-0.4, -0.2) is 20.7 Å². The molecule has 7 heteroatoms. The van der Waals surface area contributed by atoms with E-state index in [4.69, 9.17) is 11.6 Å². The van der Waals surface area contributed by atoms with E-state index in [0.29, 0.717) is 27.8 Å².